The Bertz CT molecular complexity index is 547. The maximum absolute atomic E-state index is 12.3. The molecule has 114 valence electrons. The molecule has 0 spiro atoms. The molecule has 0 aromatic heterocycles. The van der Waals surface area contributed by atoms with Crippen LogP contribution in [0.2, 0.25) is 5.02 Å². The predicted octanol–water partition coefficient (Wildman–Crippen LogP) is 1.61. The van der Waals surface area contributed by atoms with Crippen molar-refractivity contribution in [1.29, 1.82) is 0 Å². The molecule has 0 saturated carbocycles. The summed E-state index contributed by atoms with van der Waals surface area (Å²) in [5, 5.41) is 3.56. The first kappa shape index (κ1) is 16.3. The summed E-state index contributed by atoms with van der Waals surface area (Å²) >= 11 is 9.37. The molecule has 0 radical (unpaired) electrons. The number of likely N-dealkylation sites (N-methyl/N-ethyl adjacent to an activating group) is 1. The smallest absolute Gasteiger partial charge is 0.255 e. The molecule has 0 unspecified atom stereocenters. The van der Waals surface area contributed by atoms with Crippen molar-refractivity contribution in [3.8, 4) is 0 Å². The van der Waals surface area contributed by atoms with Gasteiger partial charge in [0.1, 0.15) is 0 Å². The summed E-state index contributed by atoms with van der Waals surface area (Å²) in [4.78, 5) is 27.7. The number of rotatable bonds is 3. The molecule has 1 aromatic carbocycles. The molecule has 7 heteroatoms. The van der Waals surface area contributed by atoms with Crippen LogP contribution in [0, 0.1) is 0 Å². The number of carbonyl (C=O) groups is 2. The molecule has 1 aliphatic rings. The lowest BCUT2D eigenvalue weighted by Crippen LogP contribution is -2.49. The number of carbonyl (C=O) groups excluding carboxylic acids is 2. The minimum atomic E-state index is -0.254. The molecule has 1 heterocycles. The molecule has 1 N–H and O–H groups in total. The van der Waals surface area contributed by atoms with E-state index in [2.05, 4.69) is 21.2 Å². The molecular formula is C14H17BrClN3O2. The van der Waals surface area contributed by atoms with Crippen molar-refractivity contribution in [2.24, 2.45) is 0 Å². The fraction of sp³-hybridized carbons (Fsp3) is 0.429. The average Bonchev–Trinajstić information content (AvgIpc) is 2.47. The van der Waals surface area contributed by atoms with Crippen LogP contribution in [0.4, 0.5) is 0 Å². The van der Waals surface area contributed by atoms with Crippen molar-refractivity contribution in [2.75, 3.05) is 39.8 Å². The predicted molar refractivity (Wildman–Crippen MR) is 85.6 cm³/mol. The summed E-state index contributed by atoms with van der Waals surface area (Å²) < 4.78 is 0.809. The largest absolute Gasteiger partial charge is 0.339 e. The third kappa shape index (κ3) is 4.18. The van der Waals surface area contributed by atoms with Crippen LogP contribution in [-0.4, -0.2) is 61.4 Å². The van der Waals surface area contributed by atoms with E-state index in [1.54, 1.807) is 30.1 Å². The molecule has 0 aliphatic carbocycles. The molecule has 0 atom stereocenters. The standard InChI is InChI=1S/C14H17BrClN3O2/c1-18(9-13(20)19-6-4-17-5-7-19)14(21)11-3-2-10(15)8-12(11)16/h2-3,8,17H,4-7,9H2,1H3. The number of hydrogen-bond acceptors (Lipinski definition) is 3. The van der Waals surface area contributed by atoms with Crippen molar-refractivity contribution in [1.82, 2.24) is 15.1 Å². The van der Waals surface area contributed by atoms with E-state index in [4.69, 9.17) is 11.6 Å². The second kappa shape index (κ2) is 7.24. The molecule has 0 bridgehead atoms. The van der Waals surface area contributed by atoms with Crippen LogP contribution >= 0.6 is 27.5 Å². The fourth-order valence-electron chi connectivity index (χ4n) is 2.16. The van der Waals surface area contributed by atoms with Gasteiger partial charge in [-0.2, -0.15) is 0 Å². The van der Waals surface area contributed by atoms with Crippen molar-refractivity contribution in [3.63, 3.8) is 0 Å². The van der Waals surface area contributed by atoms with Crippen LogP contribution in [0.3, 0.4) is 0 Å². The Labute approximate surface area is 137 Å². The Morgan fingerprint density at radius 3 is 2.67 bits per heavy atom. The first-order chi connectivity index (χ1) is 9.99. The molecule has 1 fully saturated rings. The van der Waals surface area contributed by atoms with Crippen LogP contribution in [0.5, 0.6) is 0 Å². The quantitative estimate of drug-likeness (QED) is 0.874. The number of amides is 2. The van der Waals surface area contributed by atoms with E-state index in [0.29, 0.717) is 23.7 Å². The van der Waals surface area contributed by atoms with Gasteiger partial charge in [-0.1, -0.05) is 27.5 Å². The minimum Gasteiger partial charge on any atom is -0.339 e. The van der Waals surface area contributed by atoms with Gasteiger partial charge in [-0.15, -0.1) is 0 Å². The normalized spacial score (nSPS) is 14.9. The Kier molecular flexibility index (Phi) is 5.61. The van der Waals surface area contributed by atoms with Gasteiger partial charge >= 0.3 is 0 Å². The molecule has 5 nitrogen and oxygen atoms in total. The van der Waals surface area contributed by atoms with E-state index in [-0.39, 0.29) is 18.4 Å². The fourth-order valence-corrected chi connectivity index (χ4v) is 2.91. The lowest BCUT2D eigenvalue weighted by molar-refractivity contribution is -0.132. The summed E-state index contributed by atoms with van der Waals surface area (Å²) in [5.74, 6) is -0.295. The van der Waals surface area contributed by atoms with Crippen molar-refractivity contribution in [3.05, 3.63) is 33.3 Å². The van der Waals surface area contributed by atoms with Gasteiger partial charge in [-0.05, 0) is 18.2 Å². The maximum Gasteiger partial charge on any atom is 0.255 e. The minimum absolute atomic E-state index is 0.0411. The van der Waals surface area contributed by atoms with Gasteiger partial charge in [0.2, 0.25) is 5.91 Å². The van der Waals surface area contributed by atoms with Crippen LogP contribution in [-0.2, 0) is 4.79 Å². The number of benzene rings is 1. The molecule has 1 aliphatic heterocycles. The lowest BCUT2D eigenvalue weighted by atomic mass is 10.2. The molecular weight excluding hydrogens is 358 g/mol. The van der Waals surface area contributed by atoms with Gasteiger partial charge in [0.15, 0.2) is 0 Å². The van der Waals surface area contributed by atoms with Crippen LogP contribution in [0.25, 0.3) is 0 Å². The second-order valence-electron chi connectivity index (χ2n) is 4.92. The molecule has 2 rings (SSSR count). The molecule has 21 heavy (non-hydrogen) atoms. The first-order valence-corrected chi connectivity index (χ1v) is 7.85. The van der Waals surface area contributed by atoms with E-state index in [1.807, 2.05) is 0 Å². The van der Waals surface area contributed by atoms with Gasteiger partial charge in [-0.25, -0.2) is 0 Å². The number of nitrogens with zero attached hydrogens (tertiary/aromatic N) is 2. The second-order valence-corrected chi connectivity index (χ2v) is 6.24. The third-order valence-corrected chi connectivity index (χ3v) is 4.16. The zero-order chi connectivity index (χ0) is 15.4. The van der Waals surface area contributed by atoms with Crippen molar-refractivity contribution < 1.29 is 9.59 Å². The van der Waals surface area contributed by atoms with E-state index in [9.17, 15) is 9.59 Å². The van der Waals surface area contributed by atoms with Crippen molar-refractivity contribution in [2.45, 2.75) is 0 Å². The third-order valence-electron chi connectivity index (χ3n) is 3.35. The number of hydrogen-bond donors (Lipinski definition) is 1. The van der Waals surface area contributed by atoms with Crippen LogP contribution in [0.1, 0.15) is 10.4 Å². The molecule has 1 saturated heterocycles. The van der Waals surface area contributed by atoms with E-state index >= 15 is 0 Å². The number of piperazine rings is 1. The summed E-state index contributed by atoms with van der Waals surface area (Å²) in [5.41, 5.74) is 0.399. The van der Waals surface area contributed by atoms with Crippen LogP contribution in [0.15, 0.2) is 22.7 Å². The highest BCUT2D eigenvalue weighted by Crippen LogP contribution is 2.22. The number of nitrogens with one attached hydrogen (secondary N) is 1. The highest BCUT2D eigenvalue weighted by Gasteiger charge is 2.21. The summed E-state index contributed by atoms with van der Waals surface area (Å²) in [7, 11) is 1.61. The summed E-state index contributed by atoms with van der Waals surface area (Å²) in [6, 6.07) is 5.08. The number of halogens is 2. The Hall–Kier alpha value is -1.11. The maximum atomic E-state index is 12.3. The monoisotopic (exact) mass is 373 g/mol. The molecule has 2 amide bonds. The molecule has 1 aromatic rings. The van der Waals surface area contributed by atoms with Gasteiger partial charge in [0.05, 0.1) is 17.1 Å². The van der Waals surface area contributed by atoms with E-state index in [0.717, 1.165) is 17.6 Å². The highest BCUT2D eigenvalue weighted by atomic mass is 79.9. The zero-order valence-electron chi connectivity index (χ0n) is 11.7. The van der Waals surface area contributed by atoms with Crippen molar-refractivity contribution >= 4 is 39.3 Å². The van der Waals surface area contributed by atoms with Gasteiger partial charge in [0.25, 0.3) is 5.91 Å². The van der Waals surface area contributed by atoms with E-state index in [1.165, 1.54) is 4.90 Å². The summed E-state index contributed by atoms with van der Waals surface area (Å²) in [6.45, 7) is 3.01. The Morgan fingerprint density at radius 2 is 2.05 bits per heavy atom. The zero-order valence-corrected chi connectivity index (χ0v) is 14.1. The van der Waals surface area contributed by atoms with E-state index < -0.39 is 0 Å². The Balaban J connectivity index is 2.00. The first-order valence-electron chi connectivity index (χ1n) is 6.68. The van der Waals surface area contributed by atoms with Gasteiger partial charge in [0, 0.05) is 37.7 Å². The lowest BCUT2D eigenvalue weighted by Gasteiger charge is -2.29. The van der Waals surface area contributed by atoms with Gasteiger partial charge < -0.3 is 15.1 Å². The average molecular weight is 375 g/mol. The summed E-state index contributed by atoms with van der Waals surface area (Å²) in [6.07, 6.45) is 0. The highest BCUT2D eigenvalue weighted by molar-refractivity contribution is 9.10. The Morgan fingerprint density at radius 1 is 1.38 bits per heavy atom. The SMILES string of the molecule is CN(CC(=O)N1CCNCC1)C(=O)c1ccc(Br)cc1Cl. The van der Waals surface area contributed by atoms with Gasteiger partial charge in [-0.3, -0.25) is 9.59 Å². The van der Waals surface area contributed by atoms with Crippen LogP contribution < -0.4 is 5.32 Å². The topological polar surface area (TPSA) is 52.7 Å².